The van der Waals surface area contributed by atoms with Crippen LogP contribution in [-0.2, 0) is 62.7 Å². The Morgan fingerprint density at radius 1 is 0.640 bits per heavy atom. The summed E-state index contributed by atoms with van der Waals surface area (Å²) in [6, 6.07) is 13.4. The maximum absolute atomic E-state index is 13.9. The van der Waals surface area contributed by atoms with Crippen LogP contribution >= 0.6 is 60.2 Å². The molecule has 3 aliphatic rings. The summed E-state index contributed by atoms with van der Waals surface area (Å²) in [7, 11) is 0. The molecule has 0 spiro atoms. The molecule has 4 N–H and O–H groups in total. The molecule has 2 saturated heterocycles. The van der Waals surface area contributed by atoms with Crippen LogP contribution in [0.2, 0.25) is 0 Å². The van der Waals surface area contributed by atoms with Crippen LogP contribution in [0.3, 0.4) is 0 Å². The minimum atomic E-state index is -1.29. The van der Waals surface area contributed by atoms with Gasteiger partial charge in [0, 0.05) is 65.7 Å². The number of amides is 3. The second-order valence-corrected chi connectivity index (χ2v) is 23.3. The summed E-state index contributed by atoms with van der Waals surface area (Å²) in [5, 5.41) is 28.4. The topological polar surface area (TPSA) is 340 Å². The Morgan fingerprint density at radius 3 is 1.46 bits per heavy atom. The molecular formula is C57H71Br3ClF2N13O13. The first-order valence-electron chi connectivity index (χ1n) is 26.9. The summed E-state index contributed by atoms with van der Waals surface area (Å²) in [4.78, 5) is 126. The predicted octanol–water partition coefficient (Wildman–Crippen LogP) is 7.63. The van der Waals surface area contributed by atoms with Crippen LogP contribution in [0.1, 0.15) is 114 Å². The lowest BCUT2D eigenvalue weighted by Gasteiger charge is -2.23. The van der Waals surface area contributed by atoms with Gasteiger partial charge >= 0.3 is 17.9 Å². The monoisotopic (exact) mass is 1460 g/mol. The van der Waals surface area contributed by atoms with Crippen LogP contribution in [0.4, 0.5) is 20.4 Å². The lowest BCUT2D eigenvalue weighted by molar-refractivity contribution is -0.156. The van der Waals surface area contributed by atoms with Crippen molar-refractivity contribution in [1.29, 1.82) is 0 Å². The van der Waals surface area contributed by atoms with E-state index >= 15 is 0 Å². The van der Waals surface area contributed by atoms with Gasteiger partial charge in [-0.1, -0.05) is 34.1 Å². The number of aromatic nitrogens is 8. The number of nitrogens with one attached hydrogen (secondary N) is 3. The number of rotatable bonds is 15. The number of hydrogen-bond donors (Lipinski definition) is 4. The number of carbonyl (C=O) groups is 10. The Bertz CT molecular complexity index is 3330. The lowest BCUT2D eigenvalue weighted by Crippen LogP contribution is -2.44. The standard InChI is InChI=1S/C17H17BrFN5O3.C11H16N2O3.C10H11BrFN3O.C7H8N2O3.C6H11BrO2.C6H7NO.ClH/c1-10(25)12-5-6-23(22-12)9-16(26)24-8-11(19)7-13(24)17(27)21-15-4-2-3-14(18)20-15;1-8(14)9-5-6-13(12-9)7-10(15)16-11(2,3)4;11-8-2-1-3-9(14-8)15-10(16)7-4-6(12)5-13-7;1-5(10)6-2-3-9(8-6)4-7(11)12;1-6(2,3)9-5(8)4-7;1-5(8)6-3-2-4-7-6;/h2-6,11,13H,7-9H2,1H3,(H,20,21,27);5-6H,7H2,1-4H3;1-3,6-7,13H,4-5H2,(H,14,15,16);2-3H,4H2,1H3,(H,11,12);4H2,1-3H3;2-3H,4H2,1H3;1H/t11-,13+;;6-,7+;;;;/m1.1..../s1. The summed E-state index contributed by atoms with van der Waals surface area (Å²) < 4.78 is 41.9. The van der Waals surface area contributed by atoms with Crippen molar-refractivity contribution in [2.45, 2.75) is 137 Å². The molecule has 5 aromatic heterocycles. The largest absolute Gasteiger partial charge is 0.480 e. The van der Waals surface area contributed by atoms with Gasteiger partial charge in [0.1, 0.15) is 98.2 Å². The zero-order valence-corrected chi connectivity index (χ0v) is 55.9. The molecule has 3 amide bonds. The number of Topliss-reactive ketones (excluding diaryl/α,β-unsaturated/α-hetero) is 4. The normalized spacial score (nSPS) is 16.1. The van der Waals surface area contributed by atoms with Crippen molar-refractivity contribution in [2.75, 3.05) is 35.6 Å². The number of carboxylic acid groups (broad SMARTS) is 1. The van der Waals surface area contributed by atoms with Crippen molar-refractivity contribution >= 4 is 136 Å². The summed E-state index contributed by atoms with van der Waals surface area (Å²) >= 11 is 9.41. The molecule has 4 atom stereocenters. The van der Waals surface area contributed by atoms with Gasteiger partial charge < -0.3 is 35.4 Å². The van der Waals surface area contributed by atoms with Crippen LogP contribution < -0.4 is 16.0 Å². The molecule has 8 rings (SSSR count). The molecule has 0 saturated carbocycles. The number of pyridine rings is 2. The minimum Gasteiger partial charge on any atom is -0.480 e. The van der Waals surface area contributed by atoms with Gasteiger partial charge in [-0.3, -0.25) is 67.0 Å². The number of aliphatic carboxylic acids is 1. The van der Waals surface area contributed by atoms with Gasteiger partial charge in [0.2, 0.25) is 17.7 Å². The third-order valence-corrected chi connectivity index (χ3v) is 12.4. The van der Waals surface area contributed by atoms with Gasteiger partial charge in [0.05, 0.1) is 19.1 Å². The maximum atomic E-state index is 13.9. The van der Waals surface area contributed by atoms with E-state index in [1.165, 1.54) is 71.2 Å². The van der Waals surface area contributed by atoms with Crippen molar-refractivity contribution in [3.05, 3.63) is 112 Å². The van der Waals surface area contributed by atoms with Crippen LogP contribution in [0.25, 0.3) is 0 Å². The summed E-state index contributed by atoms with van der Waals surface area (Å²) in [6.07, 6.45) is 6.09. The fourth-order valence-corrected chi connectivity index (χ4v) is 8.13. The number of carbonyl (C=O) groups excluding carboxylic acids is 9. The molecule has 0 aliphatic carbocycles. The highest BCUT2D eigenvalue weighted by atomic mass is 79.9. The maximum Gasteiger partial charge on any atom is 0.328 e. The Labute approximate surface area is 543 Å². The molecule has 5 aromatic rings. The molecule has 89 heavy (non-hydrogen) atoms. The molecule has 0 unspecified atom stereocenters. The minimum absolute atomic E-state index is 0. The summed E-state index contributed by atoms with van der Waals surface area (Å²) in [5.41, 5.74) is 0.616. The van der Waals surface area contributed by atoms with Crippen molar-refractivity contribution in [1.82, 2.24) is 49.5 Å². The van der Waals surface area contributed by atoms with E-state index in [9.17, 15) is 56.7 Å². The van der Waals surface area contributed by atoms with Crippen LogP contribution in [0.15, 0.2) is 99.5 Å². The van der Waals surface area contributed by atoms with Gasteiger partial charge in [-0.25, -0.2) is 18.7 Å². The van der Waals surface area contributed by atoms with Crippen molar-refractivity contribution in [3.8, 4) is 0 Å². The highest BCUT2D eigenvalue weighted by molar-refractivity contribution is 9.10. The second kappa shape index (κ2) is 37.4. The van der Waals surface area contributed by atoms with E-state index in [4.69, 9.17) is 14.6 Å². The Morgan fingerprint density at radius 2 is 1.10 bits per heavy atom. The smallest absolute Gasteiger partial charge is 0.328 e. The molecule has 32 heteroatoms. The number of halogens is 6. The number of esters is 2. The van der Waals surface area contributed by atoms with E-state index < -0.39 is 47.8 Å². The van der Waals surface area contributed by atoms with E-state index in [1.54, 1.807) is 75.5 Å². The van der Waals surface area contributed by atoms with E-state index in [2.05, 4.69) is 94.0 Å². The number of hydrogen-bond acceptors (Lipinski definition) is 19. The quantitative estimate of drug-likeness (QED) is 0.0338. The molecule has 0 radical (unpaired) electrons. The van der Waals surface area contributed by atoms with Crippen molar-refractivity contribution in [2.24, 2.45) is 4.99 Å². The van der Waals surface area contributed by atoms with Gasteiger partial charge in [-0.2, -0.15) is 15.3 Å². The summed E-state index contributed by atoms with van der Waals surface area (Å²) in [6.45, 7) is 17.0. The molecule has 0 aromatic carbocycles. The zero-order chi connectivity index (χ0) is 66.1. The molecule has 0 bridgehead atoms. The Kier molecular flexibility index (Phi) is 32.6. The molecule has 8 heterocycles. The van der Waals surface area contributed by atoms with E-state index in [0.717, 1.165) is 0 Å². The van der Waals surface area contributed by atoms with Crippen LogP contribution in [0.5, 0.6) is 0 Å². The number of anilines is 2. The average molecular weight is 1460 g/mol. The third-order valence-electron chi connectivity index (χ3n) is 11.0. The zero-order valence-electron chi connectivity index (χ0n) is 50.4. The SMILES string of the molecule is CC(=O)C1=NCC=C1.CC(=O)c1ccn(CC(=O)N2C[C@H](F)C[C@H]2C(=O)Nc2cccc(Br)n2)n1.CC(=O)c1ccn(CC(=O)O)n1.CC(=O)c1ccn(CC(=O)OC(C)(C)C)n1.CC(C)(C)OC(=O)CBr.Cl.O=C(Nc1cccc(Br)n1)[C@@H]1C[C@@H](F)CN1. The first-order chi connectivity index (χ1) is 41.1. The number of likely N-dealkylation sites (tertiary alicyclic amines) is 1. The number of ketones is 4. The summed E-state index contributed by atoms with van der Waals surface area (Å²) in [5.74, 6) is -2.45. The van der Waals surface area contributed by atoms with Gasteiger partial charge in [-0.05, 0) is 122 Å². The fourth-order valence-electron chi connectivity index (χ4n) is 7.33. The first-order valence-corrected chi connectivity index (χ1v) is 29.6. The lowest BCUT2D eigenvalue weighted by atomic mass is 10.2. The number of aliphatic imine (C=N–C) groups is 1. The molecule has 2 fully saturated rings. The van der Waals surface area contributed by atoms with Crippen molar-refractivity contribution in [3.63, 3.8) is 0 Å². The number of carboxylic acids is 1. The van der Waals surface area contributed by atoms with E-state index in [0.29, 0.717) is 38.8 Å². The molecular weight excluding hydrogens is 1390 g/mol. The van der Waals surface area contributed by atoms with Gasteiger partial charge in [0.15, 0.2) is 23.1 Å². The van der Waals surface area contributed by atoms with E-state index in [1.807, 2.05) is 26.8 Å². The highest BCUT2D eigenvalue weighted by Crippen LogP contribution is 2.23. The second-order valence-electron chi connectivity index (χ2n) is 21.1. The van der Waals surface area contributed by atoms with Crippen LogP contribution in [-0.4, -0.2) is 174 Å². The fraction of sp³-hybridized carbons (Fsp3) is 0.439. The molecule has 3 aliphatic heterocycles. The number of allylic oxidation sites excluding steroid dienone is 1. The van der Waals surface area contributed by atoms with Crippen LogP contribution in [0, 0.1) is 0 Å². The van der Waals surface area contributed by atoms with Gasteiger partial charge in [-0.15, -0.1) is 12.4 Å². The molecule has 26 nitrogen and oxygen atoms in total. The van der Waals surface area contributed by atoms with E-state index in [-0.39, 0.29) is 121 Å². The third kappa shape index (κ3) is 30.4. The Hall–Kier alpha value is -7.61. The number of alkyl halides is 3. The average Bonchev–Trinajstić information content (AvgIpc) is 4.13. The number of ether oxygens (including phenoxy) is 2. The van der Waals surface area contributed by atoms with Gasteiger partial charge in [0.25, 0.3) is 0 Å². The van der Waals surface area contributed by atoms with Crippen molar-refractivity contribution < 1.29 is 71.3 Å². The predicted molar refractivity (Wildman–Crippen MR) is 337 cm³/mol. The highest BCUT2D eigenvalue weighted by Gasteiger charge is 2.40. The number of nitrogens with zero attached hydrogens (tertiary/aromatic N) is 10. The molecule has 484 valence electrons. The first kappa shape index (κ1) is 77.5. The Balaban J connectivity index is 0.000000382.